The normalized spacial score (nSPS) is 14.8. The molecule has 2 atom stereocenters. The first kappa shape index (κ1) is 16.7. The highest BCUT2D eigenvalue weighted by molar-refractivity contribution is 5.82. The van der Waals surface area contributed by atoms with Crippen LogP contribution in [0.2, 0.25) is 0 Å². The Kier molecular flexibility index (Phi) is 5.64. The summed E-state index contributed by atoms with van der Waals surface area (Å²) in [5.41, 5.74) is -0.0455. The molecule has 0 bridgehead atoms. The van der Waals surface area contributed by atoms with Crippen LogP contribution in [0.4, 0.5) is 4.79 Å². The Hall–Kier alpha value is -1.26. The third kappa shape index (κ3) is 3.89. The number of hydrogen-bond donors (Lipinski definition) is 1. The van der Waals surface area contributed by atoms with Crippen LogP contribution in [0.5, 0.6) is 0 Å². The molecule has 0 aliphatic rings. The van der Waals surface area contributed by atoms with Gasteiger partial charge in [-0.05, 0) is 18.8 Å². The van der Waals surface area contributed by atoms with Crippen LogP contribution in [-0.2, 0) is 4.79 Å². The van der Waals surface area contributed by atoms with E-state index in [1.165, 1.54) is 11.9 Å². The average molecular weight is 258 g/mol. The molecule has 0 aromatic heterocycles. The second kappa shape index (κ2) is 6.07. The van der Waals surface area contributed by atoms with Crippen molar-refractivity contribution < 1.29 is 14.7 Å². The van der Waals surface area contributed by atoms with Gasteiger partial charge in [-0.25, -0.2) is 9.59 Å². The van der Waals surface area contributed by atoms with E-state index in [-0.39, 0.29) is 17.5 Å². The summed E-state index contributed by atoms with van der Waals surface area (Å²) >= 11 is 0. The number of aliphatic carboxylic acids is 1. The Morgan fingerprint density at radius 3 is 1.89 bits per heavy atom. The van der Waals surface area contributed by atoms with Gasteiger partial charge in [0.2, 0.25) is 0 Å². The topological polar surface area (TPSA) is 60.9 Å². The summed E-state index contributed by atoms with van der Waals surface area (Å²) in [6, 6.07) is -1.00. The third-order valence-corrected chi connectivity index (χ3v) is 3.58. The number of carboxylic acids is 1. The van der Waals surface area contributed by atoms with Gasteiger partial charge in [-0.15, -0.1) is 0 Å². The van der Waals surface area contributed by atoms with Gasteiger partial charge in [0.1, 0.15) is 6.04 Å². The lowest BCUT2D eigenvalue weighted by molar-refractivity contribution is -0.142. The number of nitrogens with zero attached hydrogens (tertiary/aromatic N) is 2. The lowest BCUT2D eigenvalue weighted by Crippen LogP contribution is -2.52. The molecule has 0 aromatic rings. The first-order valence-corrected chi connectivity index (χ1v) is 6.26. The summed E-state index contributed by atoms with van der Waals surface area (Å²) in [7, 11) is 3.25. The van der Waals surface area contributed by atoms with Crippen molar-refractivity contribution >= 4 is 12.0 Å². The SMILES string of the molecule is CCC(C(=O)O)N(C)C(=O)N(C)C(C)C(C)(C)C. The van der Waals surface area contributed by atoms with E-state index in [9.17, 15) is 9.59 Å². The highest BCUT2D eigenvalue weighted by atomic mass is 16.4. The molecular formula is C13H26N2O3. The predicted molar refractivity (Wildman–Crippen MR) is 71.6 cm³/mol. The summed E-state index contributed by atoms with van der Waals surface area (Å²) in [5, 5.41) is 9.06. The zero-order chi connectivity index (χ0) is 14.7. The highest BCUT2D eigenvalue weighted by Gasteiger charge is 2.32. The summed E-state index contributed by atoms with van der Waals surface area (Å²) in [5.74, 6) is -0.967. The van der Waals surface area contributed by atoms with Crippen LogP contribution in [0, 0.1) is 5.41 Å². The quantitative estimate of drug-likeness (QED) is 0.841. The summed E-state index contributed by atoms with van der Waals surface area (Å²) in [6.07, 6.45) is 0.398. The fourth-order valence-electron chi connectivity index (χ4n) is 1.74. The van der Waals surface area contributed by atoms with Crippen molar-refractivity contribution in [2.75, 3.05) is 14.1 Å². The van der Waals surface area contributed by atoms with Crippen molar-refractivity contribution in [1.82, 2.24) is 9.80 Å². The maximum absolute atomic E-state index is 12.2. The van der Waals surface area contributed by atoms with Gasteiger partial charge >= 0.3 is 12.0 Å². The minimum Gasteiger partial charge on any atom is -0.480 e. The second-order valence-electron chi connectivity index (χ2n) is 5.81. The first-order chi connectivity index (χ1) is 8.03. The van der Waals surface area contributed by atoms with Gasteiger partial charge in [-0.2, -0.15) is 0 Å². The summed E-state index contributed by atoms with van der Waals surface area (Å²) < 4.78 is 0. The molecule has 0 radical (unpaired) electrons. The van der Waals surface area contributed by atoms with Crippen molar-refractivity contribution in [3.63, 3.8) is 0 Å². The zero-order valence-electron chi connectivity index (χ0n) is 12.5. The van der Waals surface area contributed by atoms with Gasteiger partial charge in [0, 0.05) is 20.1 Å². The van der Waals surface area contributed by atoms with Crippen molar-refractivity contribution in [1.29, 1.82) is 0 Å². The maximum Gasteiger partial charge on any atom is 0.326 e. The molecule has 5 heteroatoms. The van der Waals surface area contributed by atoms with Crippen molar-refractivity contribution in [2.24, 2.45) is 5.41 Å². The van der Waals surface area contributed by atoms with Crippen LogP contribution in [-0.4, -0.2) is 53.1 Å². The summed E-state index contributed by atoms with van der Waals surface area (Å²) in [4.78, 5) is 26.2. The van der Waals surface area contributed by atoms with E-state index in [1.807, 2.05) is 6.92 Å². The standard InChI is InChI=1S/C13H26N2O3/c1-8-10(11(16)17)15(7)12(18)14(6)9(2)13(3,4)5/h9-10H,8H2,1-7H3,(H,16,17). The first-order valence-electron chi connectivity index (χ1n) is 6.26. The van der Waals surface area contributed by atoms with Crippen LogP contribution in [0.15, 0.2) is 0 Å². The minimum atomic E-state index is -0.967. The average Bonchev–Trinajstić information content (AvgIpc) is 2.25. The zero-order valence-corrected chi connectivity index (χ0v) is 12.5. The number of rotatable bonds is 4. The van der Waals surface area contributed by atoms with Crippen molar-refractivity contribution in [3.05, 3.63) is 0 Å². The molecule has 0 heterocycles. The Bertz CT molecular complexity index is 310. The van der Waals surface area contributed by atoms with Gasteiger partial charge in [0.05, 0.1) is 0 Å². The number of amides is 2. The van der Waals surface area contributed by atoms with Crippen LogP contribution < -0.4 is 0 Å². The fourth-order valence-corrected chi connectivity index (χ4v) is 1.74. The largest absolute Gasteiger partial charge is 0.480 e. The molecule has 2 amide bonds. The Morgan fingerprint density at radius 1 is 1.17 bits per heavy atom. The van der Waals surface area contributed by atoms with E-state index in [4.69, 9.17) is 5.11 Å². The second-order valence-corrected chi connectivity index (χ2v) is 5.81. The van der Waals surface area contributed by atoms with Crippen LogP contribution in [0.3, 0.4) is 0 Å². The lowest BCUT2D eigenvalue weighted by atomic mass is 9.87. The number of carbonyl (C=O) groups is 2. The Labute approximate surface area is 110 Å². The van der Waals surface area contributed by atoms with Gasteiger partial charge in [0.25, 0.3) is 0 Å². The van der Waals surface area contributed by atoms with Crippen LogP contribution in [0.1, 0.15) is 41.0 Å². The molecule has 0 fully saturated rings. The molecule has 0 saturated carbocycles. The maximum atomic E-state index is 12.2. The van der Waals surface area contributed by atoms with Crippen LogP contribution in [0.25, 0.3) is 0 Å². The number of likely N-dealkylation sites (N-methyl/N-ethyl adjacent to an activating group) is 1. The van der Waals surface area contributed by atoms with E-state index in [0.717, 1.165) is 0 Å². The third-order valence-electron chi connectivity index (χ3n) is 3.58. The number of hydrogen-bond acceptors (Lipinski definition) is 2. The van der Waals surface area contributed by atoms with Gasteiger partial charge < -0.3 is 14.9 Å². The van der Waals surface area contributed by atoms with Crippen molar-refractivity contribution in [2.45, 2.75) is 53.1 Å². The van der Waals surface area contributed by atoms with E-state index in [0.29, 0.717) is 6.42 Å². The predicted octanol–water partition coefficient (Wildman–Crippen LogP) is 2.27. The molecular weight excluding hydrogens is 232 g/mol. The molecule has 5 nitrogen and oxygen atoms in total. The fraction of sp³-hybridized carbons (Fsp3) is 0.846. The smallest absolute Gasteiger partial charge is 0.326 e. The molecule has 0 rings (SSSR count). The van der Waals surface area contributed by atoms with Crippen LogP contribution >= 0.6 is 0 Å². The summed E-state index contributed by atoms with van der Waals surface area (Å²) in [6.45, 7) is 9.88. The van der Waals surface area contributed by atoms with Gasteiger partial charge in [0.15, 0.2) is 0 Å². The van der Waals surface area contributed by atoms with Gasteiger partial charge in [-0.3, -0.25) is 0 Å². The Balaban J connectivity index is 4.89. The minimum absolute atomic E-state index is 0.0266. The van der Waals surface area contributed by atoms with Gasteiger partial charge in [-0.1, -0.05) is 27.7 Å². The molecule has 106 valence electrons. The highest BCUT2D eigenvalue weighted by Crippen LogP contribution is 2.24. The van der Waals surface area contributed by atoms with E-state index in [2.05, 4.69) is 20.8 Å². The Morgan fingerprint density at radius 2 is 1.61 bits per heavy atom. The molecule has 0 aromatic carbocycles. The monoisotopic (exact) mass is 258 g/mol. The van der Waals surface area contributed by atoms with E-state index >= 15 is 0 Å². The molecule has 18 heavy (non-hydrogen) atoms. The molecule has 0 aliphatic carbocycles. The molecule has 0 aliphatic heterocycles. The lowest BCUT2D eigenvalue weighted by Gasteiger charge is -2.38. The van der Waals surface area contributed by atoms with Crippen molar-refractivity contribution in [3.8, 4) is 0 Å². The molecule has 2 unspecified atom stereocenters. The molecule has 0 spiro atoms. The number of carboxylic acid groups (broad SMARTS) is 1. The van der Waals surface area contributed by atoms with E-state index in [1.54, 1.807) is 18.9 Å². The van der Waals surface area contributed by atoms with E-state index < -0.39 is 12.0 Å². The number of urea groups is 1. The molecule has 0 saturated heterocycles. The number of carbonyl (C=O) groups excluding carboxylic acids is 1. The molecule has 1 N–H and O–H groups in total.